The third-order valence-corrected chi connectivity index (χ3v) is 12.8. The van der Waals surface area contributed by atoms with Crippen molar-refractivity contribution < 1.29 is 53.1 Å². The van der Waals surface area contributed by atoms with Crippen LogP contribution in [0.25, 0.3) is 0 Å². The Bertz CT molecular complexity index is 1360. The molecule has 1 aromatic heterocycles. The molecule has 3 N–H and O–H groups in total. The number of rotatable bonds is 5. The van der Waals surface area contributed by atoms with Gasteiger partial charge in [-0.2, -0.15) is 0 Å². The molecule has 44 heavy (non-hydrogen) atoms. The van der Waals surface area contributed by atoms with Crippen LogP contribution in [0.3, 0.4) is 0 Å². The van der Waals surface area contributed by atoms with Crippen molar-refractivity contribution in [3.63, 3.8) is 0 Å². The zero-order valence-corrected chi connectivity index (χ0v) is 26.1. The maximum absolute atomic E-state index is 14.7. The van der Waals surface area contributed by atoms with Gasteiger partial charge in [0.25, 0.3) is 0 Å². The molecule has 1 aliphatic heterocycles. The van der Waals surface area contributed by atoms with E-state index in [0.29, 0.717) is 12.0 Å². The summed E-state index contributed by atoms with van der Waals surface area (Å²) in [6.07, 6.45) is -2.66. The first-order chi connectivity index (χ1) is 20.6. The number of esters is 2. The number of aliphatic hydroxyl groups is 3. The van der Waals surface area contributed by atoms with Crippen LogP contribution in [0, 0.1) is 45.3 Å². The van der Waals surface area contributed by atoms with Crippen LogP contribution in [0.2, 0.25) is 0 Å². The van der Waals surface area contributed by atoms with E-state index in [1.807, 2.05) is 6.92 Å². The smallest absolute Gasteiger partial charge is 0.310 e. The first-order valence-electron chi connectivity index (χ1n) is 15.7. The number of ether oxygens (including phenoxy) is 3. The predicted octanol–water partition coefficient (Wildman–Crippen LogP) is 2.54. The van der Waals surface area contributed by atoms with Gasteiger partial charge in [0, 0.05) is 53.8 Å². The number of hydrogen-bond donors (Lipinski definition) is 3. The highest BCUT2D eigenvalue weighted by molar-refractivity contribution is 5.96. The minimum atomic E-state index is -1.58. The van der Waals surface area contributed by atoms with Gasteiger partial charge < -0.3 is 33.9 Å². The Hall–Kier alpha value is -2.60. The van der Waals surface area contributed by atoms with Crippen LogP contribution in [-0.4, -0.2) is 76.1 Å². The highest BCUT2D eigenvalue weighted by Crippen LogP contribution is 2.75. The highest BCUT2D eigenvalue weighted by Gasteiger charge is 2.82. The van der Waals surface area contributed by atoms with Gasteiger partial charge in [0.15, 0.2) is 5.78 Å². The summed E-state index contributed by atoms with van der Waals surface area (Å²) in [5, 5.41) is 36.1. The van der Waals surface area contributed by atoms with Crippen LogP contribution in [0.1, 0.15) is 78.7 Å². The predicted molar refractivity (Wildman–Crippen MR) is 151 cm³/mol. The summed E-state index contributed by atoms with van der Waals surface area (Å²) in [7, 11) is 0. The topological polar surface area (TPSA) is 170 Å². The van der Waals surface area contributed by atoms with Crippen molar-refractivity contribution in [3.8, 4) is 0 Å². The number of aliphatic hydroxyl groups excluding tert-OH is 3. The Kier molecular flexibility index (Phi) is 7.28. The van der Waals surface area contributed by atoms with Gasteiger partial charge in [-0.15, -0.1) is 0 Å². The van der Waals surface area contributed by atoms with E-state index in [9.17, 15) is 34.5 Å². The van der Waals surface area contributed by atoms with Crippen molar-refractivity contribution >= 4 is 23.5 Å². The molecular weight excluding hydrogens is 572 g/mol. The number of fused-ring (bicyclic) bond motifs is 3. The summed E-state index contributed by atoms with van der Waals surface area (Å²) in [5.74, 6) is -5.61. The van der Waals surface area contributed by atoms with E-state index in [1.54, 1.807) is 33.8 Å². The second-order valence-electron chi connectivity index (χ2n) is 14.7. The van der Waals surface area contributed by atoms with Crippen molar-refractivity contribution in [1.82, 2.24) is 0 Å². The summed E-state index contributed by atoms with van der Waals surface area (Å²) in [4.78, 5) is 54.0. The molecule has 2 heterocycles. The second kappa shape index (κ2) is 10.2. The average Bonchev–Trinajstić information content (AvgIpc) is 3.59. The Morgan fingerprint density at radius 2 is 1.73 bits per heavy atom. The van der Waals surface area contributed by atoms with Gasteiger partial charge in [0.1, 0.15) is 18.0 Å². The van der Waals surface area contributed by atoms with Gasteiger partial charge in [-0.1, -0.05) is 27.7 Å². The van der Waals surface area contributed by atoms with Crippen LogP contribution < -0.4 is 0 Å². The molecule has 14 unspecified atom stereocenters. The van der Waals surface area contributed by atoms with E-state index < -0.39 is 99.7 Å². The molecule has 0 radical (unpaired) electrons. The summed E-state index contributed by atoms with van der Waals surface area (Å²) in [6, 6.07) is 1.73. The lowest BCUT2D eigenvalue weighted by Gasteiger charge is -2.72. The van der Waals surface area contributed by atoms with E-state index >= 15 is 0 Å². The molecular formula is C33H44O11. The van der Waals surface area contributed by atoms with Crippen LogP contribution in [-0.2, 0) is 33.4 Å². The largest absolute Gasteiger partial charge is 0.472 e. The highest BCUT2D eigenvalue weighted by atomic mass is 16.7. The van der Waals surface area contributed by atoms with Gasteiger partial charge in [-0.3, -0.25) is 19.2 Å². The molecule has 4 saturated carbocycles. The molecule has 2 bridgehead atoms. The fraction of sp³-hybridized carbons (Fsp3) is 0.758. The summed E-state index contributed by atoms with van der Waals surface area (Å²) in [6.45, 7) is 9.83. The molecule has 11 nitrogen and oxygen atoms in total. The molecule has 6 rings (SSSR count). The van der Waals surface area contributed by atoms with Crippen molar-refractivity contribution in [2.24, 2.45) is 45.3 Å². The van der Waals surface area contributed by atoms with Crippen LogP contribution in [0.5, 0.6) is 0 Å². The molecule has 0 aromatic carbocycles. The molecule has 0 spiro atoms. The second-order valence-corrected chi connectivity index (χ2v) is 14.7. The average molecular weight is 617 g/mol. The fourth-order valence-corrected chi connectivity index (χ4v) is 10.5. The van der Waals surface area contributed by atoms with Crippen molar-refractivity contribution in [2.75, 3.05) is 6.61 Å². The molecule has 4 aliphatic carbocycles. The third-order valence-electron chi connectivity index (χ3n) is 12.8. The molecule has 242 valence electrons. The Labute approximate surface area is 256 Å². The van der Waals surface area contributed by atoms with Crippen LogP contribution >= 0.6 is 0 Å². The molecule has 5 fully saturated rings. The van der Waals surface area contributed by atoms with Gasteiger partial charge in [0.2, 0.25) is 6.29 Å². The van der Waals surface area contributed by atoms with Crippen molar-refractivity contribution in [1.29, 1.82) is 0 Å². The summed E-state index contributed by atoms with van der Waals surface area (Å²) >= 11 is 0. The lowest BCUT2D eigenvalue weighted by Crippen LogP contribution is -2.80. The first-order valence-corrected chi connectivity index (χ1v) is 15.7. The molecule has 1 saturated heterocycles. The lowest BCUT2D eigenvalue weighted by atomic mass is 9.33. The Morgan fingerprint density at radius 3 is 2.34 bits per heavy atom. The zero-order chi connectivity index (χ0) is 32.1. The van der Waals surface area contributed by atoms with E-state index in [2.05, 4.69) is 0 Å². The molecule has 5 aliphatic rings. The van der Waals surface area contributed by atoms with E-state index in [0.717, 1.165) is 0 Å². The lowest BCUT2D eigenvalue weighted by molar-refractivity contribution is -0.372. The third kappa shape index (κ3) is 3.75. The monoisotopic (exact) mass is 616 g/mol. The van der Waals surface area contributed by atoms with Gasteiger partial charge in [-0.05, 0) is 37.3 Å². The quantitative estimate of drug-likeness (QED) is 0.416. The van der Waals surface area contributed by atoms with Crippen LogP contribution in [0.4, 0.5) is 0 Å². The SMILES string of the molecule is CCC(C)C(=O)OC1OCC23C(O)CC(OC(C)=O)C1(C)C2CC(O)C1(C)C2C(=O)CC(c4ccoc4)C2(C)C(O)C(=O)C13. The molecule has 14 atom stereocenters. The zero-order valence-electron chi connectivity index (χ0n) is 26.1. The van der Waals surface area contributed by atoms with E-state index in [4.69, 9.17) is 18.6 Å². The van der Waals surface area contributed by atoms with Gasteiger partial charge in [-0.25, -0.2) is 0 Å². The van der Waals surface area contributed by atoms with E-state index in [-0.39, 0.29) is 31.7 Å². The van der Waals surface area contributed by atoms with Crippen LogP contribution in [0.15, 0.2) is 23.0 Å². The number of furan rings is 1. The van der Waals surface area contributed by atoms with Crippen molar-refractivity contribution in [2.45, 2.75) is 104 Å². The number of carbonyl (C=O) groups is 4. The van der Waals surface area contributed by atoms with Gasteiger partial charge in [0.05, 0.1) is 42.7 Å². The number of Topliss-reactive ketones (excluding diaryl/α,β-unsaturated/α-hetero) is 2. The van der Waals surface area contributed by atoms with Gasteiger partial charge >= 0.3 is 11.9 Å². The maximum atomic E-state index is 14.7. The van der Waals surface area contributed by atoms with E-state index in [1.165, 1.54) is 19.5 Å². The minimum Gasteiger partial charge on any atom is -0.472 e. The Balaban J connectivity index is 1.50. The number of hydrogen-bond acceptors (Lipinski definition) is 11. The standard InChI is InChI=1S/C33H44O11/c1-7-15(2)28(40)44-29-31(5)20-11-21(36)32(6)25-19(35)10-18(17-8-9-41-13-17)30(25,4)27(39)24(38)26(32)33(20,14-42-29)22(37)12-23(31)43-16(3)34/h8-9,13,15,18,20-23,25-27,29,36-37,39H,7,10-12,14H2,1-6H3. The minimum absolute atomic E-state index is 0.0265. The number of ketones is 2. The molecule has 11 heteroatoms. The first kappa shape index (κ1) is 31.4. The van der Waals surface area contributed by atoms with Crippen molar-refractivity contribution in [3.05, 3.63) is 24.2 Å². The molecule has 1 aromatic rings. The summed E-state index contributed by atoms with van der Waals surface area (Å²) < 4.78 is 23.3. The Morgan fingerprint density at radius 1 is 1.02 bits per heavy atom. The normalized spacial score (nSPS) is 48.5. The fourth-order valence-electron chi connectivity index (χ4n) is 10.5. The molecule has 0 amide bonds. The number of carbonyl (C=O) groups excluding carboxylic acids is 4. The maximum Gasteiger partial charge on any atom is 0.310 e. The summed E-state index contributed by atoms with van der Waals surface area (Å²) in [5.41, 5.74) is -4.54.